The summed E-state index contributed by atoms with van der Waals surface area (Å²) in [6.07, 6.45) is 0. The second-order valence-corrected chi connectivity index (χ2v) is 13.3. The van der Waals surface area contributed by atoms with Crippen molar-refractivity contribution >= 4 is 24.0 Å². The van der Waals surface area contributed by atoms with Gasteiger partial charge >= 0.3 is 0 Å². The summed E-state index contributed by atoms with van der Waals surface area (Å²) in [5.41, 5.74) is -0.148. The predicted molar refractivity (Wildman–Crippen MR) is 91.4 cm³/mol. The Morgan fingerprint density at radius 3 is 2.17 bits per heavy atom. The van der Waals surface area contributed by atoms with E-state index in [1.165, 1.54) is 24.3 Å². The zero-order valence-corrected chi connectivity index (χ0v) is 15.9. The zero-order chi connectivity index (χ0) is 17.9. The molecule has 1 aromatic carbocycles. The van der Waals surface area contributed by atoms with Gasteiger partial charge in [-0.05, 0) is 30.3 Å². The van der Waals surface area contributed by atoms with Crippen molar-refractivity contribution in [3.8, 4) is 0 Å². The third-order valence-electron chi connectivity index (χ3n) is 4.02. The third kappa shape index (κ3) is 5.38. The van der Waals surface area contributed by atoms with Crippen LogP contribution in [0.5, 0.6) is 0 Å². The van der Waals surface area contributed by atoms with Crippen LogP contribution in [0.2, 0.25) is 18.1 Å². The first-order valence-corrected chi connectivity index (χ1v) is 11.6. The van der Waals surface area contributed by atoms with Crippen LogP contribution in [-0.2, 0) is 14.4 Å². The summed E-state index contributed by atoms with van der Waals surface area (Å²) in [5, 5.41) is 10.6. The number of benzene rings is 1. The first kappa shape index (κ1) is 19.8. The SMILES string of the molecule is CC(C)(C)[Si](C)(C)OCCNS(=O)(=O)c1ccc([N+](=O)[O-])cc1. The number of nitrogens with zero attached hydrogens (tertiary/aromatic N) is 1. The number of rotatable bonds is 7. The van der Waals surface area contributed by atoms with Gasteiger partial charge in [0.15, 0.2) is 8.32 Å². The fraction of sp³-hybridized carbons (Fsp3) is 0.571. The molecular formula is C14H24N2O5SSi. The topological polar surface area (TPSA) is 98.5 Å². The van der Waals surface area contributed by atoms with Crippen molar-refractivity contribution in [3.05, 3.63) is 34.4 Å². The highest BCUT2D eigenvalue weighted by atomic mass is 32.2. The molecule has 0 unspecified atom stereocenters. The second kappa shape index (κ2) is 7.08. The summed E-state index contributed by atoms with van der Waals surface area (Å²) >= 11 is 0. The lowest BCUT2D eigenvalue weighted by atomic mass is 10.2. The Morgan fingerprint density at radius 1 is 1.22 bits per heavy atom. The molecule has 1 N–H and O–H groups in total. The van der Waals surface area contributed by atoms with Gasteiger partial charge in [-0.25, -0.2) is 13.1 Å². The minimum atomic E-state index is -3.69. The van der Waals surface area contributed by atoms with Crippen LogP contribution in [-0.4, -0.2) is 34.8 Å². The van der Waals surface area contributed by atoms with Gasteiger partial charge in [0, 0.05) is 25.3 Å². The van der Waals surface area contributed by atoms with Crippen LogP contribution in [0, 0.1) is 10.1 Å². The van der Waals surface area contributed by atoms with Crippen LogP contribution in [0.25, 0.3) is 0 Å². The molecule has 0 amide bonds. The van der Waals surface area contributed by atoms with Crippen molar-refractivity contribution in [1.82, 2.24) is 4.72 Å². The zero-order valence-electron chi connectivity index (χ0n) is 14.1. The monoisotopic (exact) mass is 360 g/mol. The van der Waals surface area contributed by atoms with Crippen LogP contribution in [0.3, 0.4) is 0 Å². The Balaban J connectivity index is 2.62. The van der Waals surface area contributed by atoms with Crippen molar-refractivity contribution in [2.24, 2.45) is 0 Å². The Kier molecular flexibility index (Phi) is 6.08. The quantitative estimate of drug-likeness (QED) is 0.349. The first-order chi connectivity index (χ1) is 10.4. The molecule has 0 aliphatic heterocycles. The van der Waals surface area contributed by atoms with Crippen LogP contribution in [0.15, 0.2) is 29.2 Å². The smallest absolute Gasteiger partial charge is 0.269 e. The Morgan fingerprint density at radius 2 is 1.74 bits per heavy atom. The number of nitro benzene ring substituents is 1. The Hall–Kier alpha value is -1.29. The Bertz CT molecular complexity index is 651. The molecule has 0 saturated carbocycles. The average molecular weight is 361 g/mol. The highest BCUT2D eigenvalue weighted by molar-refractivity contribution is 7.89. The lowest BCUT2D eigenvalue weighted by Gasteiger charge is -2.36. The van der Waals surface area contributed by atoms with E-state index in [0.717, 1.165) is 0 Å². The maximum atomic E-state index is 12.1. The largest absolute Gasteiger partial charge is 0.415 e. The summed E-state index contributed by atoms with van der Waals surface area (Å²) in [6.45, 7) is 11.0. The molecule has 9 heteroatoms. The number of nitrogens with one attached hydrogen (secondary N) is 1. The molecule has 0 aliphatic carbocycles. The summed E-state index contributed by atoms with van der Waals surface area (Å²) in [5.74, 6) is 0. The molecule has 1 aromatic rings. The van der Waals surface area contributed by atoms with Crippen molar-refractivity contribution in [3.63, 3.8) is 0 Å². The molecule has 23 heavy (non-hydrogen) atoms. The van der Waals surface area contributed by atoms with Gasteiger partial charge in [0.2, 0.25) is 10.0 Å². The van der Waals surface area contributed by atoms with Gasteiger partial charge in [0.25, 0.3) is 5.69 Å². The van der Waals surface area contributed by atoms with Gasteiger partial charge in [0.05, 0.1) is 9.82 Å². The molecule has 0 aromatic heterocycles. The molecule has 7 nitrogen and oxygen atoms in total. The molecule has 0 spiro atoms. The third-order valence-corrected chi connectivity index (χ3v) is 10.0. The van der Waals surface area contributed by atoms with Gasteiger partial charge in [-0.15, -0.1) is 0 Å². The highest BCUT2D eigenvalue weighted by Crippen LogP contribution is 2.36. The van der Waals surface area contributed by atoms with Gasteiger partial charge in [-0.1, -0.05) is 20.8 Å². The summed E-state index contributed by atoms with van der Waals surface area (Å²) in [6, 6.07) is 4.77. The van der Waals surface area contributed by atoms with Crippen LogP contribution >= 0.6 is 0 Å². The molecule has 0 atom stereocenters. The molecule has 0 saturated heterocycles. The maximum Gasteiger partial charge on any atom is 0.269 e. The van der Waals surface area contributed by atoms with E-state index in [4.69, 9.17) is 4.43 Å². The second-order valence-electron chi connectivity index (χ2n) is 6.76. The maximum absolute atomic E-state index is 12.1. The molecule has 0 radical (unpaired) electrons. The molecular weight excluding hydrogens is 336 g/mol. The van der Waals surface area contributed by atoms with Gasteiger partial charge < -0.3 is 4.43 Å². The van der Waals surface area contributed by atoms with Crippen LogP contribution < -0.4 is 4.72 Å². The Labute approximate surface area is 138 Å². The standard InChI is InChI=1S/C14H24N2O5SSi/c1-14(2,3)23(4,5)21-11-10-15-22(19,20)13-8-6-12(7-9-13)16(17)18/h6-9,15H,10-11H2,1-5H3. The normalized spacial score (nSPS) is 13.1. The number of hydrogen-bond acceptors (Lipinski definition) is 5. The van der Waals surface area contributed by atoms with Gasteiger partial charge in [-0.2, -0.15) is 0 Å². The first-order valence-electron chi connectivity index (χ1n) is 7.25. The molecule has 0 bridgehead atoms. The van der Waals surface area contributed by atoms with E-state index in [1.807, 2.05) is 0 Å². The number of sulfonamides is 1. The van der Waals surface area contributed by atoms with E-state index in [9.17, 15) is 18.5 Å². The fourth-order valence-corrected chi connectivity index (χ4v) is 3.59. The summed E-state index contributed by atoms with van der Waals surface area (Å²) in [7, 11) is -5.60. The van der Waals surface area contributed by atoms with E-state index < -0.39 is 23.3 Å². The summed E-state index contributed by atoms with van der Waals surface area (Å²) in [4.78, 5) is 10.00. The van der Waals surface area contributed by atoms with Crippen molar-refractivity contribution < 1.29 is 17.8 Å². The fourth-order valence-electron chi connectivity index (χ4n) is 1.53. The minimum absolute atomic E-state index is 0.00423. The van der Waals surface area contributed by atoms with Gasteiger partial charge in [0.1, 0.15) is 0 Å². The minimum Gasteiger partial charge on any atom is -0.415 e. The van der Waals surface area contributed by atoms with Crippen molar-refractivity contribution in [2.75, 3.05) is 13.2 Å². The number of non-ortho nitro benzene ring substituents is 1. The van der Waals surface area contributed by atoms with E-state index in [0.29, 0.717) is 6.61 Å². The molecule has 0 aliphatic rings. The molecule has 1 rings (SSSR count). The van der Waals surface area contributed by atoms with E-state index >= 15 is 0 Å². The average Bonchev–Trinajstić information content (AvgIpc) is 2.42. The lowest BCUT2D eigenvalue weighted by Crippen LogP contribution is -2.42. The molecule has 0 heterocycles. The van der Waals surface area contributed by atoms with E-state index in [2.05, 4.69) is 38.6 Å². The lowest BCUT2D eigenvalue weighted by molar-refractivity contribution is -0.384. The molecule has 0 fully saturated rings. The predicted octanol–water partition coefficient (Wildman–Crippen LogP) is 2.89. The van der Waals surface area contributed by atoms with Crippen LogP contribution in [0.1, 0.15) is 20.8 Å². The van der Waals surface area contributed by atoms with Crippen LogP contribution in [0.4, 0.5) is 5.69 Å². The van der Waals surface area contributed by atoms with Crippen molar-refractivity contribution in [2.45, 2.75) is 43.8 Å². The van der Waals surface area contributed by atoms with E-state index in [1.54, 1.807) is 0 Å². The van der Waals surface area contributed by atoms with E-state index in [-0.39, 0.29) is 22.2 Å². The number of hydrogen-bond donors (Lipinski definition) is 1. The molecule has 130 valence electrons. The summed E-state index contributed by atoms with van der Waals surface area (Å²) < 4.78 is 32.6. The van der Waals surface area contributed by atoms with Gasteiger partial charge in [-0.3, -0.25) is 10.1 Å². The number of nitro groups is 1. The highest BCUT2D eigenvalue weighted by Gasteiger charge is 2.36. The van der Waals surface area contributed by atoms with Crippen molar-refractivity contribution in [1.29, 1.82) is 0 Å².